The molecule has 17 heavy (non-hydrogen) atoms. The van der Waals surface area contributed by atoms with Crippen molar-refractivity contribution in [1.29, 1.82) is 0 Å². The third-order valence-electron chi connectivity index (χ3n) is 2.74. The molecule has 0 aromatic carbocycles. The molecule has 0 aromatic rings. The zero-order valence-corrected chi connectivity index (χ0v) is 12.8. The lowest BCUT2D eigenvalue weighted by Crippen LogP contribution is -2.51. The van der Waals surface area contributed by atoms with Crippen LogP contribution in [0.25, 0.3) is 0 Å². The van der Waals surface area contributed by atoms with Gasteiger partial charge >= 0.3 is 6.09 Å². The van der Waals surface area contributed by atoms with Gasteiger partial charge in [0.15, 0.2) is 0 Å². The number of hydrogen-bond acceptors (Lipinski definition) is 4. The Balaban J connectivity index is 2.44. The first kappa shape index (κ1) is 15.0. The standard InChI is InChI=1S/C11H21IN2O3/c1-10(2,3)17-9(15)14-6-4-11(16,5-7-14)8-13-12/h13,16H,4-8H2,1-3H3. The Bertz CT molecular complexity index is 270. The molecule has 5 nitrogen and oxygen atoms in total. The second-order valence-electron chi connectivity index (χ2n) is 5.50. The van der Waals surface area contributed by atoms with E-state index in [0.717, 1.165) is 0 Å². The van der Waals surface area contributed by atoms with Gasteiger partial charge in [-0.3, -0.25) is 3.53 Å². The van der Waals surface area contributed by atoms with Gasteiger partial charge in [0, 0.05) is 42.5 Å². The van der Waals surface area contributed by atoms with Crippen molar-refractivity contribution in [3.8, 4) is 0 Å². The predicted octanol–water partition coefficient (Wildman–Crippen LogP) is 1.69. The number of nitrogens with one attached hydrogen (secondary N) is 1. The monoisotopic (exact) mass is 356 g/mol. The van der Waals surface area contributed by atoms with Gasteiger partial charge in [0.05, 0.1) is 5.60 Å². The quantitative estimate of drug-likeness (QED) is 0.584. The maximum atomic E-state index is 11.8. The van der Waals surface area contributed by atoms with Crippen molar-refractivity contribution in [3.05, 3.63) is 0 Å². The molecule has 0 radical (unpaired) electrons. The summed E-state index contributed by atoms with van der Waals surface area (Å²) in [4.78, 5) is 13.4. The van der Waals surface area contributed by atoms with Crippen LogP contribution in [0.1, 0.15) is 33.6 Å². The molecule has 0 atom stereocenters. The van der Waals surface area contributed by atoms with Crippen LogP contribution in [0, 0.1) is 0 Å². The van der Waals surface area contributed by atoms with Gasteiger partial charge in [-0.05, 0) is 33.6 Å². The number of rotatable bonds is 2. The highest BCUT2D eigenvalue weighted by Gasteiger charge is 2.34. The molecule has 6 heteroatoms. The molecule has 1 aliphatic rings. The van der Waals surface area contributed by atoms with Crippen LogP contribution in [0.5, 0.6) is 0 Å². The fourth-order valence-electron chi connectivity index (χ4n) is 1.73. The molecule has 1 amide bonds. The van der Waals surface area contributed by atoms with Crippen molar-refractivity contribution in [2.75, 3.05) is 19.6 Å². The number of likely N-dealkylation sites (tertiary alicyclic amines) is 1. The Morgan fingerprint density at radius 1 is 1.47 bits per heavy atom. The number of piperidine rings is 1. The van der Waals surface area contributed by atoms with Gasteiger partial charge < -0.3 is 14.7 Å². The molecule has 1 saturated heterocycles. The largest absolute Gasteiger partial charge is 0.444 e. The summed E-state index contributed by atoms with van der Waals surface area (Å²) in [6.45, 7) is 7.20. The number of carbonyl (C=O) groups is 1. The number of hydrogen-bond donors (Lipinski definition) is 2. The molecule has 1 heterocycles. The Morgan fingerprint density at radius 3 is 2.41 bits per heavy atom. The average Bonchev–Trinajstić information content (AvgIpc) is 2.15. The van der Waals surface area contributed by atoms with Crippen molar-refractivity contribution in [2.45, 2.75) is 44.8 Å². The van der Waals surface area contributed by atoms with Crippen LogP contribution in [-0.2, 0) is 4.74 Å². The summed E-state index contributed by atoms with van der Waals surface area (Å²) in [6.07, 6.45) is 0.881. The van der Waals surface area contributed by atoms with Crippen molar-refractivity contribution in [1.82, 2.24) is 8.43 Å². The highest BCUT2D eigenvalue weighted by atomic mass is 127. The number of halogens is 1. The van der Waals surface area contributed by atoms with Crippen LogP contribution in [0.2, 0.25) is 0 Å². The van der Waals surface area contributed by atoms with Crippen molar-refractivity contribution in [2.24, 2.45) is 0 Å². The molecule has 0 aromatic heterocycles. The summed E-state index contributed by atoms with van der Waals surface area (Å²) in [7, 11) is 0. The molecule has 0 spiro atoms. The summed E-state index contributed by atoms with van der Waals surface area (Å²) in [5.74, 6) is 0. The van der Waals surface area contributed by atoms with Crippen LogP contribution in [0.15, 0.2) is 0 Å². The normalized spacial score (nSPS) is 20.2. The first-order valence-corrected chi connectivity index (χ1v) is 6.87. The molecule has 0 aliphatic carbocycles. The van der Waals surface area contributed by atoms with Gasteiger partial charge in [0.1, 0.15) is 5.60 Å². The summed E-state index contributed by atoms with van der Waals surface area (Å²) in [5.41, 5.74) is -1.16. The first-order valence-electron chi connectivity index (χ1n) is 5.80. The fraction of sp³-hybridized carbons (Fsp3) is 0.909. The minimum atomic E-state index is -0.695. The molecule has 0 unspecified atom stereocenters. The molecular weight excluding hydrogens is 335 g/mol. The van der Waals surface area contributed by atoms with Crippen molar-refractivity contribution >= 4 is 29.0 Å². The number of nitrogens with zero attached hydrogens (tertiary/aromatic N) is 1. The highest BCUT2D eigenvalue weighted by Crippen LogP contribution is 2.23. The average molecular weight is 356 g/mol. The Hall–Kier alpha value is -0.0800. The number of aliphatic hydroxyl groups is 1. The topological polar surface area (TPSA) is 61.8 Å². The van der Waals surface area contributed by atoms with Gasteiger partial charge in [0.2, 0.25) is 0 Å². The number of amides is 1. The van der Waals surface area contributed by atoms with Gasteiger partial charge in [-0.25, -0.2) is 4.79 Å². The second kappa shape index (κ2) is 5.71. The summed E-state index contributed by atoms with van der Waals surface area (Å²) >= 11 is 2.02. The van der Waals surface area contributed by atoms with Crippen LogP contribution in [-0.4, -0.2) is 46.9 Å². The van der Waals surface area contributed by atoms with E-state index in [1.807, 2.05) is 43.6 Å². The number of carbonyl (C=O) groups excluding carboxylic acids is 1. The Labute approximate surface area is 116 Å². The lowest BCUT2D eigenvalue weighted by Gasteiger charge is -2.38. The molecule has 100 valence electrons. The molecule has 0 bridgehead atoms. The zero-order valence-electron chi connectivity index (χ0n) is 10.6. The second-order valence-corrected chi connectivity index (χ2v) is 6.26. The Kier molecular flexibility index (Phi) is 5.03. The Morgan fingerprint density at radius 2 is 2.00 bits per heavy atom. The van der Waals surface area contributed by atoms with Crippen LogP contribution >= 0.6 is 22.9 Å². The lowest BCUT2D eigenvalue weighted by molar-refractivity contribution is -0.0276. The highest BCUT2D eigenvalue weighted by molar-refractivity contribution is 14.1. The smallest absolute Gasteiger partial charge is 0.410 e. The number of ether oxygens (including phenoxy) is 1. The van der Waals surface area contributed by atoms with E-state index >= 15 is 0 Å². The van der Waals surface area contributed by atoms with E-state index in [2.05, 4.69) is 3.53 Å². The van der Waals surface area contributed by atoms with Crippen LogP contribution < -0.4 is 3.53 Å². The summed E-state index contributed by atoms with van der Waals surface area (Å²) in [5, 5.41) is 10.2. The van der Waals surface area contributed by atoms with E-state index in [1.54, 1.807) is 4.90 Å². The first-order chi connectivity index (χ1) is 7.76. The van der Waals surface area contributed by atoms with Crippen LogP contribution in [0.3, 0.4) is 0 Å². The molecule has 2 N–H and O–H groups in total. The lowest BCUT2D eigenvalue weighted by atomic mass is 9.92. The van der Waals surface area contributed by atoms with Gasteiger partial charge in [-0.15, -0.1) is 0 Å². The SMILES string of the molecule is CC(C)(C)OC(=O)N1CCC(O)(CNI)CC1. The molecule has 1 rings (SSSR count). The predicted molar refractivity (Wildman–Crippen MR) is 74.0 cm³/mol. The molecule has 1 aliphatic heterocycles. The zero-order chi connectivity index (χ0) is 13.1. The van der Waals surface area contributed by atoms with E-state index in [9.17, 15) is 9.90 Å². The maximum Gasteiger partial charge on any atom is 0.410 e. The van der Waals surface area contributed by atoms with E-state index in [-0.39, 0.29) is 6.09 Å². The van der Waals surface area contributed by atoms with Gasteiger partial charge in [0.25, 0.3) is 0 Å². The van der Waals surface area contributed by atoms with E-state index in [1.165, 1.54) is 0 Å². The molecule has 0 saturated carbocycles. The van der Waals surface area contributed by atoms with Gasteiger partial charge in [-0.1, -0.05) is 0 Å². The van der Waals surface area contributed by atoms with Crippen molar-refractivity contribution in [3.63, 3.8) is 0 Å². The third kappa shape index (κ3) is 4.97. The fourth-order valence-corrected chi connectivity index (χ4v) is 2.44. The third-order valence-corrected chi connectivity index (χ3v) is 3.12. The minimum absolute atomic E-state index is 0.290. The summed E-state index contributed by atoms with van der Waals surface area (Å²) in [6, 6.07) is 0. The summed E-state index contributed by atoms with van der Waals surface area (Å²) < 4.78 is 8.24. The molecule has 1 fully saturated rings. The molecular formula is C11H21IN2O3. The van der Waals surface area contributed by atoms with E-state index in [4.69, 9.17) is 4.74 Å². The van der Waals surface area contributed by atoms with Crippen molar-refractivity contribution < 1.29 is 14.6 Å². The van der Waals surface area contributed by atoms with E-state index in [0.29, 0.717) is 32.5 Å². The van der Waals surface area contributed by atoms with Gasteiger partial charge in [-0.2, -0.15) is 0 Å². The maximum absolute atomic E-state index is 11.8. The van der Waals surface area contributed by atoms with Crippen LogP contribution in [0.4, 0.5) is 4.79 Å². The van der Waals surface area contributed by atoms with E-state index < -0.39 is 11.2 Å². The minimum Gasteiger partial charge on any atom is -0.444 e.